The van der Waals surface area contributed by atoms with E-state index in [2.05, 4.69) is 26.6 Å². The number of carbonyl (C=O) groups is 11. The number of rotatable bonds is 34. The molecular formula is C42H71N9O18. The van der Waals surface area contributed by atoms with Crippen LogP contribution in [-0.4, -0.2) is 231 Å². The van der Waals surface area contributed by atoms with E-state index in [1.54, 1.807) is 19.6 Å². The van der Waals surface area contributed by atoms with Gasteiger partial charge in [0.25, 0.3) is 0 Å². The molecule has 392 valence electrons. The van der Waals surface area contributed by atoms with E-state index in [4.69, 9.17) is 10.2 Å². The van der Waals surface area contributed by atoms with Crippen LogP contribution >= 0.6 is 0 Å². The lowest BCUT2D eigenvalue weighted by atomic mass is 10.1. The van der Waals surface area contributed by atoms with Crippen molar-refractivity contribution >= 4 is 65.5 Å². The highest BCUT2D eigenvalue weighted by Gasteiger charge is 2.26. The summed E-state index contributed by atoms with van der Waals surface area (Å²) in [7, 11) is 0. The summed E-state index contributed by atoms with van der Waals surface area (Å²) in [5.41, 5.74) is 0. The lowest BCUT2D eigenvalue weighted by Crippen LogP contribution is -2.51. The minimum atomic E-state index is -1.52. The SMILES string of the molecule is O=C(O)CC[C@H](NC(=O)N[C@@H](CCCCNC(=O)CCCCCCC(=O)NCCCCC(NC(=O)CN1CCN(CC(=O)O)CCN(CC(=O)O)CCN(CC(=O)O)CC1)C(=O)O)C(=O)O)C(=O)O. The van der Waals surface area contributed by atoms with Gasteiger partial charge in [-0.2, -0.15) is 0 Å². The van der Waals surface area contributed by atoms with Gasteiger partial charge in [0.05, 0.1) is 26.2 Å². The van der Waals surface area contributed by atoms with Crippen molar-refractivity contribution in [3.05, 3.63) is 0 Å². The fraction of sp³-hybridized carbons (Fsp3) is 0.738. The summed E-state index contributed by atoms with van der Waals surface area (Å²) >= 11 is 0. The second-order valence-electron chi connectivity index (χ2n) is 16.7. The van der Waals surface area contributed by atoms with E-state index >= 15 is 0 Å². The van der Waals surface area contributed by atoms with Crippen LogP contribution in [0.5, 0.6) is 0 Å². The first-order valence-electron chi connectivity index (χ1n) is 23.0. The summed E-state index contributed by atoms with van der Waals surface area (Å²) in [4.78, 5) is 136. The molecule has 0 aromatic carbocycles. The first-order chi connectivity index (χ1) is 32.6. The van der Waals surface area contributed by atoms with Gasteiger partial charge >= 0.3 is 47.8 Å². The molecule has 1 saturated heterocycles. The van der Waals surface area contributed by atoms with Gasteiger partial charge in [-0.25, -0.2) is 19.2 Å². The first-order valence-corrected chi connectivity index (χ1v) is 23.0. The van der Waals surface area contributed by atoms with Crippen LogP contribution in [0.4, 0.5) is 4.79 Å². The molecule has 0 bridgehead atoms. The van der Waals surface area contributed by atoms with E-state index in [1.807, 2.05) is 0 Å². The van der Waals surface area contributed by atoms with Gasteiger partial charge in [-0.05, 0) is 57.8 Å². The molecule has 0 saturated carbocycles. The number of hydrogen-bond donors (Lipinski definition) is 12. The highest BCUT2D eigenvalue weighted by atomic mass is 16.4. The van der Waals surface area contributed by atoms with Crippen molar-refractivity contribution < 1.29 is 88.5 Å². The molecule has 0 aromatic heterocycles. The normalized spacial score (nSPS) is 15.7. The van der Waals surface area contributed by atoms with Crippen molar-refractivity contribution in [3.8, 4) is 0 Å². The molecule has 1 fully saturated rings. The summed E-state index contributed by atoms with van der Waals surface area (Å²) < 4.78 is 0. The third kappa shape index (κ3) is 31.5. The minimum absolute atomic E-state index is 0.00552. The number of unbranched alkanes of at least 4 members (excludes halogenated alkanes) is 5. The average Bonchev–Trinajstić information content (AvgIpc) is 3.25. The van der Waals surface area contributed by atoms with Gasteiger partial charge in [-0.1, -0.05) is 12.8 Å². The first kappa shape index (κ1) is 60.8. The monoisotopic (exact) mass is 989 g/mol. The van der Waals surface area contributed by atoms with Crippen LogP contribution in [0.3, 0.4) is 0 Å². The standard InChI is InChI=1S/C42H71N9O18/c52-32(11-3-1-2-4-12-33(53)44-16-8-6-10-30(40(65)66)46-42(69)47-31(41(67)68)13-14-35(55)56)43-15-7-5-9-29(39(63)64)45-34(54)25-48-17-19-49(26-36(57)58)21-23-51(28-38(61)62)24-22-50(20-18-48)27-37(59)60/h29-31H,1-28H2,(H,43,52)(H,44,53)(H,45,54)(H,55,56)(H,57,58)(H,59,60)(H,61,62)(H,63,64)(H,65,66)(H,67,68)(H2,46,47,69)/t29?,30-,31-/m0/s1. The predicted molar refractivity (Wildman–Crippen MR) is 241 cm³/mol. The molecule has 3 atom stereocenters. The second kappa shape index (κ2) is 35.0. The maximum Gasteiger partial charge on any atom is 0.326 e. The second-order valence-corrected chi connectivity index (χ2v) is 16.7. The summed E-state index contributed by atoms with van der Waals surface area (Å²) in [5, 5.41) is 77.6. The van der Waals surface area contributed by atoms with Crippen molar-refractivity contribution in [2.45, 2.75) is 108 Å². The molecule has 69 heavy (non-hydrogen) atoms. The molecule has 1 rings (SSSR count). The Morgan fingerprint density at radius 3 is 1.01 bits per heavy atom. The van der Waals surface area contributed by atoms with Crippen molar-refractivity contribution in [2.75, 3.05) is 91.6 Å². The van der Waals surface area contributed by atoms with Crippen LogP contribution in [0.15, 0.2) is 0 Å². The Morgan fingerprint density at radius 1 is 0.348 bits per heavy atom. The number of hydrogen-bond acceptors (Lipinski definition) is 15. The van der Waals surface area contributed by atoms with Gasteiger partial charge in [-0.3, -0.25) is 53.2 Å². The molecule has 12 N–H and O–H groups in total. The highest BCUT2D eigenvalue weighted by Crippen LogP contribution is 2.08. The predicted octanol–water partition coefficient (Wildman–Crippen LogP) is -1.98. The fourth-order valence-corrected chi connectivity index (χ4v) is 7.13. The smallest absolute Gasteiger partial charge is 0.326 e. The minimum Gasteiger partial charge on any atom is -0.481 e. The molecule has 27 nitrogen and oxygen atoms in total. The van der Waals surface area contributed by atoms with E-state index in [0.717, 1.165) is 0 Å². The molecule has 0 spiro atoms. The maximum atomic E-state index is 13.1. The summed E-state index contributed by atoms with van der Waals surface area (Å²) in [6.07, 6.45) is 3.72. The van der Waals surface area contributed by atoms with Crippen LogP contribution in [-0.2, 0) is 47.9 Å². The summed E-state index contributed by atoms with van der Waals surface area (Å²) in [6.45, 7) is 0.898. The van der Waals surface area contributed by atoms with Crippen LogP contribution in [0.25, 0.3) is 0 Å². The number of urea groups is 1. The Bertz CT molecular complexity index is 1670. The number of carboxylic acid groups (broad SMARTS) is 7. The largest absolute Gasteiger partial charge is 0.481 e. The van der Waals surface area contributed by atoms with Gasteiger partial charge < -0.3 is 62.3 Å². The summed E-state index contributed by atoms with van der Waals surface area (Å²) in [5.74, 6) is -9.59. The lowest BCUT2D eigenvalue weighted by Gasteiger charge is -2.33. The third-order valence-electron chi connectivity index (χ3n) is 10.9. The molecule has 0 aromatic rings. The zero-order chi connectivity index (χ0) is 51.7. The van der Waals surface area contributed by atoms with Crippen LogP contribution in [0.2, 0.25) is 0 Å². The van der Waals surface area contributed by atoms with Crippen molar-refractivity contribution in [1.82, 2.24) is 46.2 Å². The molecule has 1 unspecified atom stereocenters. The highest BCUT2D eigenvalue weighted by molar-refractivity contribution is 5.86. The zero-order valence-electron chi connectivity index (χ0n) is 38.9. The van der Waals surface area contributed by atoms with Crippen LogP contribution < -0.4 is 26.6 Å². The van der Waals surface area contributed by atoms with E-state index in [0.29, 0.717) is 51.4 Å². The molecule has 1 aliphatic rings. The Hall–Kier alpha value is -6.19. The third-order valence-corrected chi connectivity index (χ3v) is 10.9. The number of carbonyl (C=O) groups excluding carboxylic acids is 4. The van der Waals surface area contributed by atoms with Gasteiger partial charge in [-0.15, -0.1) is 0 Å². The van der Waals surface area contributed by atoms with Crippen LogP contribution in [0, 0.1) is 0 Å². The fourth-order valence-electron chi connectivity index (χ4n) is 7.13. The Kier molecular flexibility index (Phi) is 30.9. The maximum absolute atomic E-state index is 13.1. The van der Waals surface area contributed by atoms with Gasteiger partial charge in [0, 0.05) is 84.7 Å². The number of aliphatic carboxylic acids is 7. The zero-order valence-corrected chi connectivity index (χ0v) is 38.9. The molecule has 27 heteroatoms. The van der Waals surface area contributed by atoms with Gasteiger partial charge in [0.1, 0.15) is 18.1 Å². The molecule has 1 aliphatic heterocycles. The Balaban J connectivity index is 2.39. The Labute approximate surface area is 399 Å². The van der Waals surface area contributed by atoms with E-state index in [-0.39, 0.29) is 136 Å². The van der Waals surface area contributed by atoms with Crippen molar-refractivity contribution in [1.29, 1.82) is 0 Å². The molecule has 0 aliphatic carbocycles. The quantitative estimate of drug-likeness (QED) is 0.0311. The number of carboxylic acids is 7. The molecular weight excluding hydrogens is 919 g/mol. The van der Waals surface area contributed by atoms with E-state index in [9.17, 15) is 78.3 Å². The molecule has 0 radical (unpaired) electrons. The number of nitrogens with one attached hydrogen (secondary N) is 5. The van der Waals surface area contributed by atoms with E-state index in [1.165, 1.54) is 0 Å². The van der Waals surface area contributed by atoms with Gasteiger partial charge in [0.2, 0.25) is 17.7 Å². The molecule has 5 amide bonds. The summed E-state index contributed by atoms with van der Waals surface area (Å²) in [6, 6.07) is -5.15. The van der Waals surface area contributed by atoms with Crippen molar-refractivity contribution in [2.24, 2.45) is 0 Å². The number of amides is 5. The lowest BCUT2D eigenvalue weighted by molar-refractivity contribution is -0.142. The topological polar surface area (TPSA) is 402 Å². The van der Waals surface area contributed by atoms with E-state index < -0.39 is 78.3 Å². The number of nitrogens with zero attached hydrogens (tertiary/aromatic N) is 4. The average molecular weight is 990 g/mol. The molecule has 1 heterocycles. The van der Waals surface area contributed by atoms with Crippen molar-refractivity contribution in [3.63, 3.8) is 0 Å². The Morgan fingerprint density at radius 2 is 0.681 bits per heavy atom. The van der Waals surface area contributed by atoms with Crippen LogP contribution in [0.1, 0.15) is 89.9 Å². The van der Waals surface area contributed by atoms with Gasteiger partial charge in [0.15, 0.2) is 0 Å².